The van der Waals surface area contributed by atoms with Crippen LogP contribution in [-0.2, 0) is 10.0 Å². The topological polar surface area (TPSA) is 72.2 Å². The van der Waals surface area contributed by atoms with Gasteiger partial charge in [0.15, 0.2) is 0 Å². The molecule has 1 aromatic rings. The molecule has 0 aromatic heterocycles. The number of thioether (sulfide) groups is 1. The van der Waals surface area contributed by atoms with Crippen molar-refractivity contribution in [1.29, 1.82) is 0 Å². The van der Waals surface area contributed by atoms with E-state index in [2.05, 4.69) is 4.72 Å². The molecule has 1 unspecified atom stereocenters. The minimum Gasteiger partial charge on any atom is -0.398 e. The van der Waals surface area contributed by atoms with Gasteiger partial charge in [-0.1, -0.05) is 18.5 Å². The lowest BCUT2D eigenvalue weighted by Crippen LogP contribution is -2.29. The molecular weight excluding hydrogens is 304 g/mol. The van der Waals surface area contributed by atoms with Crippen molar-refractivity contribution in [3.63, 3.8) is 0 Å². The van der Waals surface area contributed by atoms with Gasteiger partial charge in [0.2, 0.25) is 10.0 Å². The van der Waals surface area contributed by atoms with E-state index in [0.29, 0.717) is 12.2 Å². The fourth-order valence-corrected chi connectivity index (χ4v) is 4.01. The third-order valence-electron chi connectivity index (χ3n) is 2.68. The van der Waals surface area contributed by atoms with Gasteiger partial charge in [0.1, 0.15) is 4.90 Å². The van der Waals surface area contributed by atoms with Gasteiger partial charge in [-0.15, -0.1) is 0 Å². The lowest BCUT2D eigenvalue weighted by atomic mass is 10.2. The fourth-order valence-electron chi connectivity index (χ4n) is 1.55. The first-order valence-electron chi connectivity index (χ1n) is 5.82. The van der Waals surface area contributed by atoms with Crippen LogP contribution in [0.25, 0.3) is 0 Å². The number of anilines is 1. The molecule has 0 saturated heterocycles. The molecule has 0 aliphatic heterocycles. The highest BCUT2D eigenvalue weighted by molar-refractivity contribution is 7.98. The van der Waals surface area contributed by atoms with Gasteiger partial charge >= 0.3 is 0 Å². The van der Waals surface area contributed by atoms with Crippen LogP contribution in [-0.4, -0.2) is 27.0 Å². The SMILES string of the molecule is CSCC(C)CNS(=O)(=O)c1cc(N)c(C)cc1Cl. The first-order valence-corrected chi connectivity index (χ1v) is 9.07. The number of halogens is 1. The fraction of sp³-hybridized carbons (Fsp3) is 0.500. The lowest BCUT2D eigenvalue weighted by molar-refractivity contribution is 0.563. The van der Waals surface area contributed by atoms with E-state index in [-0.39, 0.29) is 15.8 Å². The summed E-state index contributed by atoms with van der Waals surface area (Å²) in [5.74, 6) is 1.15. The molecular formula is C12H19ClN2O2S2. The predicted octanol–water partition coefficient (Wildman–Crippen LogP) is 2.51. The first-order chi connectivity index (χ1) is 8.77. The van der Waals surface area contributed by atoms with E-state index in [1.54, 1.807) is 24.8 Å². The Hall–Kier alpha value is -0.430. The van der Waals surface area contributed by atoms with E-state index in [9.17, 15) is 8.42 Å². The van der Waals surface area contributed by atoms with Gasteiger partial charge in [-0.25, -0.2) is 13.1 Å². The molecule has 1 atom stereocenters. The molecule has 7 heteroatoms. The van der Waals surface area contributed by atoms with E-state index in [1.807, 2.05) is 13.2 Å². The zero-order valence-electron chi connectivity index (χ0n) is 11.2. The summed E-state index contributed by atoms with van der Waals surface area (Å²) in [7, 11) is -3.61. The van der Waals surface area contributed by atoms with Crippen LogP contribution in [0.2, 0.25) is 5.02 Å². The first kappa shape index (κ1) is 16.6. The second kappa shape index (κ2) is 6.83. The molecule has 1 aromatic carbocycles. The van der Waals surface area contributed by atoms with Crippen LogP contribution >= 0.6 is 23.4 Å². The van der Waals surface area contributed by atoms with Crippen LogP contribution < -0.4 is 10.5 Å². The Labute approximate surface area is 124 Å². The van der Waals surface area contributed by atoms with Crippen LogP contribution in [0.5, 0.6) is 0 Å². The Morgan fingerprint density at radius 1 is 1.47 bits per heavy atom. The number of nitrogens with two attached hydrogens (primary N) is 1. The standard InChI is InChI=1S/C12H19ClN2O2S2/c1-8(7-18-3)6-15-19(16,17)12-5-11(14)9(2)4-10(12)13/h4-5,8,15H,6-7,14H2,1-3H3. The van der Waals surface area contributed by atoms with Crippen LogP contribution in [0.4, 0.5) is 5.69 Å². The van der Waals surface area contributed by atoms with Crippen LogP contribution in [0.15, 0.2) is 17.0 Å². The maximum Gasteiger partial charge on any atom is 0.242 e. The highest BCUT2D eigenvalue weighted by Gasteiger charge is 2.19. The minimum atomic E-state index is -3.61. The van der Waals surface area contributed by atoms with E-state index in [1.165, 1.54) is 6.07 Å². The zero-order valence-corrected chi connectivity index (χ0v) is 13.6. The summed E-state index contributed by atoms with van der Waals surface area (Å²) in [5.41, 5.74) is 6.92. The van der Waals surface area contributed by atoms with Gasteiger partial charge in [0.05, 0.1) is 5.02 Å². The summed E-state index contributed by atoms with van der Waals surface area (Å²) in [6, 6.07) is 2.97. The smallest absolute Gasteiger partial charge is 0.242 e. The quantitative estimate of drug-likeness (QED) is 0.789. The molecule has 0 bridgehead atoms. The summed E-state index contributed by atoms with van der Waals surface area (Å²) >= 11 is 7.67. The number of nitrogen functional groups attached to an aromatic ring is 1. The van der Waals surface area contributed by atoms with Crippen molar-refractivity contribution in [2.24, 2.45) is 5.92 Å². The van der Waals surface area contributed by atoms with Gasteiger partial charge in [0.25, 0.3) is 0 Å². The molecule has 0 aliphatic rings. The molecule has 4 nitrogen and oxygen atoms in total. The Bertz CT molecular complexity index is 547. The van der Waals surface area contributed by atoms with Crippen molar-refractivity contribution >= 4 is 39.1 Å². The average Bonchev–Trinajstić information content (AvgIpc) is 2.31. The Morgan fingerprint density at radius 3 is 2.68 bits per heavy atom. The summed E-state index contributed by atoms with van der Waals surface area (Å²) in [5, 5.41) is 0.191. The second-order valence-electron chi connectivity index (χ2n) is 4.55. The molecule has 0 fully saturated rings. The van der Waals surface area contributed by atoms with Crippen molar-refractivity contribution in [3.05, 3.63) is 22.7 Å². The molecule has 0 heterocycles. The number of hydrogen-bond donors (Lipinski definition) is 2. The number of hydrogen-bond acceptors (Lipinski definition) is 4. The van der Waals surface area contributed by atoms with Crippen LogP contribution in [0, 0.1) is 12.8 Å². The van der Waals surface area contributed by atoms with Crippen LogP contribution in [0.1, 0.15) is 12.5 Å². The third kappa shape index (κ3) is 4.56. The highest BCUT2D eigenvalue weighted by atomic mass is 35.5. The molecule has 1 rings (SSSR count). The maximum absolute atomic E-state index is 12.2. The van der Waals surface area contributed by atoms with Gasteiger partial charge in [-0.3, -0.25) is 0 Å². The summed E-state index contributed by atoms with van der Waals surface area (Å²) in [6.07, 6.45) is 1.99. The van der Waals surface area contributed by atoms with Gasteiger partial charge in [-0.05, 0) is 42.5 Å². The maximum atomic E-state index is 12.2. The third-order valence-corrected chi connectivity index (χ3v) is 5.47. The Morgan fingerprint density at radius 2 is 2.11 bits per heavy atom. The number of nitrogens with one attached hydrogen (secondary N) is 1. The van der Waals surface area contributed by atoms with E-state index >= 15 is 0 Å². The molecule has 3 N–H and O–H groups in total. The number of rotatable bonds is 6. The lowest BCUT2D eigenvalue weighted by Gasteiger charge is -2.13. The van der Waals surface area contributed by atoms with Crippen molar-refractivity contribution in [2.75, 3.05) is 24.3 Å². The van der Waals surface area contributed by atoms with E-state index in [0.717, 1.165) is 11.3 Å². The number of benzene rings is 1. The predicted molar refractivity (Wildman–Crippen MR) is 83.3 cm³/mol. The van der Waals surface area contributed by atoms with Gasteiger partial charge in [-0.2, -0.15) is 11.8 Å². The molecule has 0 radical (unpaired) electrons. The summed E-state index contributed by atoms with van der Waals surface area (Å²) < 4.78 is 26.9. The Balaban J connectivity index is 2.92. The highest BCUT2D eigenvalue weighted by Crippen LogP contribution is 2.26. The Kier molecular flexibility index (Phi) is 5.98. The molecule has 0 aliphatic carbocycles. The molecule has 108 valence electrons. The summed E-state index contributed by atoms with van der Waals surface area (Å²) in [6.45, 7) is 4.16. The average molecular weight is 323 g/mol. The molecule has 19 heavy (non-hydrogen) atoms. The number of sulfonamides is 1. The van der Waals surface area contributed by atoms with E-state index < -0.39 is 10.0 Å². The normalized spacial score (nSPS) is 13.5. The minimum absolute atomic E-state index is 0.0358. The summed E-state index contributed by atoms with van der Waals surface area (Å²) in [4.78, 5) is 0.0358. The monoisotopic (exact) mass is 322 g/mol. The van der Waals surface area contributed by atoms with Crippen molar-refractivity contribution in [1.82, 2.24) is 4.72 Å². The van der Waals surface area contributed by atoms with Crippen LogP contribution in [0.3, 0.4) is 0 Å². The zero-order chi connectivity index (χ0) is 14.6. The van der Waals surface area contributed by atoms with Crippen molar-refractivity contribution in [2.45, 2.75) is 18.7 Å². The van der Waals surface area contributed by atoms with Gasteiger partial charge in [0, 0.05) is 12.2 Å². The van der Waals surface area contributed by atoms with Crippen molar-refractivity contribution in [3.8, 4) is 0 Å². The molecule has 0 amide bonds. The van der Waals surface area contributed by atoms with Gasteiger partial charge < -0.3 is 5.73 Å². The molecule has 0 saturated carbocycles. The largest absolute Gasteiger partial charge is 0.398 e. The van der Waals surface area contributed by atoms with Crippen molar-refractivity contribution < 1.29 is 8.42 Å². The van der Waals surface area contributed by atoms with E-state index in [4.69, 9.17) is 17.3 Å². The number of aryl methyl sites for hydroxylation is 1. The molecule has 0 spiro atoms. The second-order valence-corrected chi connectivity index (χ2v) is 7.60.